The maximum atomic E-state index is 12.8. The van der Waals surface area contributed by atoms with E-state index in [0.717, 1.165) is 28.1 Å². The predicted octanol–water partition coefficient (Wildman–Crippen LogP) is 5.68. The first-order valence-electron chi connectivity index (χ1n) is 11.2. The third-order valence-electron chi connectivity index (χ3n) is 6.42. The number of nitrogens with one attached hydrogen (secondary N) is 2. The van der Waals surface area contributed by atoms with Crippen LogP contribution in [0.4, 0.5) is 5.69 Å². The van der Waals surface area contributed by atoms with Gasteiger partial charge in [0.25, 0.3) is 5.56 Å². The van der Waals surface area contributed by atoms with E-state index in [0.29, 0.717) is 18.0 Å². The van der Waals surface area contributed by atoms with Gasteiger partial charge in [0.15, 0.2) is 0 Å². The van der Waals surface area contributed by atoms with Gasteiger partial charge < -0.3 is 10.3 Å². The summed E-state index contributed by atoms with van der Waals surface area (Å²) in [5.41, 5.74) is 5.65. The Hall–Kier alpha value is -3.34. The van der Waals surface area contributed by atoms with Crippen molar-refractivity contribution in [3.8, 4) is 5.69 Å². The SMILES string of the molecule is Cc1nn(-c2ccccc2)c2[nH]c(=O)c(CNc3ccc(C4CCCCC4)cc3)cc12. The number of rotatable bonds is 5. The van der Waals surface area contributed by atoms with Crippen molar-refractivity contribution < 1.29 is 0 Å². The van der Waals surface area contributed by atoms with Gasteiger partial charge in [-0.1, -0.05) is 49.6 Å². The summed E-state index contributed by atoms with van der Waals surface area (Å²) in [6.07, 6.45) is 6.67. The summed E-state index contributed by atoms with van der Waals surface area (Å²) < 4.78 is 1.80. The zero-order valence-corrected chi connectivity index (χ0v) is 17.9. The maximum absolute atomic E-state index is 12.8. The van der Waals surface area contributed by atoms with Crippen LogP contribution < -0.4 is 10.9 Å². The van der Waals surface area contributed by atoms with Crippen LogP contribution in [0.1, 0.15) is 54.8 Å². The molecule has 0 saturated heterocycles. The van der Waals surface area contributed by atoms with Crippen LogP contribution in [0.5, 0.6) is 0 Å². The summed E-state index contributed by atoms with van der Waals surface area (Å²) in [7, 11) is 0. The second-order valence-corrected chi connectivity index (χ2v) is 8.53. The lowest BCUT2D eigenvalue weighted by Gasteiger charge is -2.22. The molecule has 1 saturated carbocycles. The van der Waals surface area contributed by atoms with Crippen LogP contribution >= 0.6 is 0 Å². The number of pyridine rings is 1. The second kappa shape index (κ2) is 8.42. The summed E-state index contributed by atoms with van der Waals surface area (Å²) in [6, 6.07) is 20.6. The van der Waals surface area contributed by atoms with Gasteiger partial charge in [-0.2, -0.15) is 5.10 Å². The van der Waals surface area contributed by atoms with Crippen LogP contribution in [0, 0.1) is 6.92 Å². The van der Waals surface area contributed by atoms with Gasteiger partial charge in [-0.05, 0) is 61.6 Å². The van der Waals surface area contributed by atoms with E-state index in [-0.39, 0.29) is 5.56 Å². The molecule has 0 aliphatic heterocycles. The number of aryl methyl sites for hydroxylation is 1. The first kappa shape index (κ1) is 19.6. The predicted molar refractivity (Wildman–Crippen MR) is 126 cm³/mol. The second-order valence-electron chi connectivity index (χ2n) is 8.53. The maximum Gasteiger partial charge on any atom is 0.254 e. The molecule has 1 aliphatic rings. The zero-order chi connectivity index (χ0) is 21.2. The Bertz CT molecular complexity index is 1230. The quantitative estimate of drug-likeness (QED) is 0.443. The molecule has 0 bridgehead atoms. The molecule has 5 heteroatoms. The Kier molecular flexibility index (Phi) is 5.33. The van der Waals surface area contributed by atoms with E-state index in [1.54, 1.807) is 4.68 Å². The van der Waals surface area contributed by atoms with Gasteiger partial charge in [-0.15, -0.1) is 0 Å². The van der Waals surface area contributed by atoms with Gasteiger partial charge >= 0.3 is 0 Å². The molecule has 2 N–H and O–H groups in total. The number of aromatic amines is 1. The third-order valence-corrected chi connectivity index (χ3v) is 6.42. The highest BCUT2D eigenvalue weighted by molar-refractivity contribution is 5.80. The van der Waals surface area contributed by atoms with Crippen molar-refractivity contribution in [2.24, 2.45) is 0 Å². The Balaban J connectivity index is 1.35. The molecule has 2 aromatic heterocycles. The number of fused-ring (bicyclic) bond motifs is 1. The molecular formula is C26H28N4O. The van der Waals surface area contributed by atoms with E-state index in [2.05, 4.69) is 39.7 Å². The molecule has 2 aromatic carbocycles. The largest absolute Gasteiger partial charge is 0.381 e. The van der Waals surface area contributed by atoms with Gasteiger partial charge in [-0.3, -0.25) is 4.79 Å². The number of aromatic nitrogens is 3. The fourth-order valence-electron chi connectivity index (χ4n) is 4.65. The highest BCUT2D eigenvalue weighted by atomic mass is 16.1. The molecule has 0 unspecified atom stereocenters. The Morgan fingerprint density at radius 1 is 1.03 bits per heavy atom. The van der Waals surface area contributed by atoms with Crippen molar-refractivity contribution in [3.05, 3.63) is 87.8 Å². The molecule has 1 fully saturated rings. The van der Waals surface area contributed by atoms with E-state index >= 15 is 0 Å². The average molecular weight is 413 g/mol. The molecule has 158 valence electrons. The highest BCUT2D eigenvalue weighted by Crippen LogP contribution is 2.33. The molecule has 4 aromatic rings. The minimum absolute atomic E-state index is 0.0871. The monoisotopic (exact) mass is 412 g/mol. The number of para-hydroxylation sites is 1. The zero-order valence-electron chi connectivity index (χ0n) is 17.9. The van der Waals surface area contributed by atoms with Gasteiger partial charge in [0, 0.05) is 23.2 Å². The van der Waals surface area contributed by atoms with E-state index in [1.807, 2.05) is 43.3 Å². The molecule has 5 rings (SSSR count). The summed E-state index contributed by atoms with van der Waals surface area (Å²) in [5, 5.41) is 9.01. The van der Waals surface area contributed by atoms with Crippen molar-refractivity contribution in [1.29, 1.82) is 0 Å². The first-order valence-corrected chi connectivity index (χ1v) is 11.2. The summed E-state index contributed by atoms with van der Waals surface area (Å²) >= 11 is 0. The first-order chi connectivity index (χ1) is 15.2. The summed E-state index contributed by atoms with van der Waals surface area (Å²) in [6.45, 7) is 2.45. The fourth-order valence-corrected chi connectivity index (χ4v) is 4.65. The van der Waals surface area contributed by atoms with Crippen LogP contribution in [0.2, 0.25) is 0 Å². The molecule has 0 atom stereocenters. The topological polar surface area (TPSA) is 62.7 Å². The number of hydrogen-bond acceptors (Lipinski definition) is 3. The van der Waals surface area contributed by atoms with Crippen LogP contribution in [-0.4, -0.2) is 14.8 Å². The van der Waals surface area contributed by atoms with Crippen LogP contribution in [0.15, 0.2) is 65.5 Å². The van der Waals surface area contributed by atoms with Crippen LogP contribution in [0.25, 0.3) is 16.7 Å². The number of nitrogens with zero attached hydrogens (tertiary/aromatic N) is 2. The highest BCUT2D eigenvalue weighted by Gasteiger charge is 2.15. The molecule has 1 aliphatic carbocycles. The fraction of sp³-hybridized carbons (Fsp3) is 0.308. The minimum Gasteiger partial charge on any atom is -0.381 e. The number of hydrogen-bond donors (Lipinski definition) is 2. The molecule has 0 amide bonds. The van der Waals surface area contributed by atoms with E-state index < -0.39 is 0 Å². The van der Waals surface area contributed by atoms with Gasteiger partial charge in [0.05, 0.1) is 11.4 Å². The normalized spacial score (nSPS) is 14.7. The molecule has 2 heterocycles. The Morgan fingerprint density at radius 3 is 2.52 bits per heavy atom. The number of anilines is 1. The summed E-state index contributed by atoms with van der Waals surface area (Å²) in [4.78, 5) is 15.8. The van der Waals surface area contributed by atoms with Crippen LogP contribution in [0.3, 0.4) is 0 Å². The van der Waals surface area contributed by atoms with E-state index in [1.165, 1.54) is 37.7 Å². The number of benzene rings is 2. The van der Waals surface area contributed by atoms with Gasteiger partial charge in [-0.25, -0.2) is 4.68 Å². The third kappa shape index (κ3) is 4.00. The van der Waals surface area contributed by atoms with Crippen molar-refractivity contribution in [2.45, 2.75) is 51.5 Å². The van der Waals surface area contributed by atoms with Crippen molar-refractivity contribution in [2.75, 3.05) is 5.32 Å². The Morgan fingerprint density at radius 2 is 1.77 bits per heavy atom. The summed E-state index contributed by atoms with van der Waals surface area (Å²) in [5.74, 6) is 0.706. The lowest BCUT2D eigenvalue weighted by molar-refractivity contribution is 0.443. The molecule has 31 heavy (non-hydrogen) atoms. The lowest BCUT2D eigenvalue weighted by Crippen LogP contribution is -2.16. The lowest BCUT2D eigenvalue weighted by atomic mass is 9.84. The molecule has 0 spiro atoms. The van der Waals surface area contributed by atoms with Crippen molar-refractivity contribution in [3.63, 3.8) is 0 Å². The minimum atomic E-state index is -0.0871. The molecular weight excluding hydrogens is 384 g/mol. The van der Waals surface area contributed by atoms with Gasteiger partial charge in [0.1, 0.15) is 5.65 Å². The standard InChI is InChI=1S/C26H28N4O/c1-18-24-16-21(26(31)28-25(24)30(29-18)23-10-6-3-7-11-23)17-27-22-14-12-20(13-15-22)19-8-4-2-5-9-19/h3,6-7,10-16,19,27H,2,4-5,8-9,17H2,1H3,(H,28,31). The van der Waals surface area contributed by atoms with Crippen molar-refractivity contribution in [1.82, 2.24) is 14.8 Å². The smallest absolute Gasteiger partial charge is 0.254 e. The molecule has 5 nitrogen and oxygen atoms in total. The Labute approximate surface area is 182 Å². The average Bonchev–Trinajstić information content (AvgIpc) is 3.14. The van der Waals surface area contributed by atoms with Gasteiger partial charge in [0.2, 0.25) is 0 Å². The number of H-pyrrole nitrogens is 1. The van der Waals surface area contributed by atoms with E-state index in [4.69, 9.17) is 0 Å². The van der Waals surface area contributed by atoms with Crippen molar-refractivity contribution >= 4 is 16.7 Å². The van der Waals surface area contributed by atoms with E-state index in [9.17, 15) is 4.79 Å². The molecule has 0 radical (unpaired) electrons. The van der Waals surface area contributed by atoms with Crippen LogP contribution in [-0.2, 0) is 6.54 Å².